The molecule has 0 nitrogen and oxygen atoms in total. The van der Waals surface area contributed by atoms with Gasteiger partial charge in [-0.05, 0) is 93.2 Å². The van der Waals surface area contributed by atoms with Crippen molar-refractivity contribution in [2.24, 2.45) is 17.8 Å². The molecule has 3 rings (SSSR count). The summed E-state index contributed by atoms with van der Waals surface area (Å²) in [6.45, 7) is 2.11. The molecule has 2 saturated carbocycles. The van der Waals surface area contributed by atoms with E-state index in [9.17, 15) is 4.39 Å². The lowest BCUT2D eigenvalue weighted by molar-refractivity contribution is 0.115. The number of benzene rings is 1. The van der Waals surface area contributed by atoms with E-state index >= 15 is 0 Å². The lowest BCUT2D eigenvalue weighted by Gasteiger charge is -2.42. The highest BCUT2D eigenvalue weighted by atomic mass is 35.5. The fourth-order valence-corrected chi connectivity index (χ4v) is 4.93. The minimum absolute atomic E-state index is 0.240. The van der Waals surface area contributed by atoms with Gasteiger partial charge in [-0.25, -0.2) is 4.39 Å². The summed E-state index contributed by atoms with van der Waals surface area (Å²) in [6, 6.07) is 5.41. The molecular formula is C21H28ClF. The van der Waals surface area contributed by atoms with Gasteiger partial charge in [0.15, 0.2) is 0 Å². The molecule has 0 aliphatic heterocycles. The van der Waals surface area contributed by atoms with E-state index in [2.05, 4.69) is 19.1 Å². The van der Waals surface area contributed by atoms with Gasteiger partial charge in [-0.3, -0.25) is 0 Å². The molecule has 1 aromatic carbocycles. The van der Waals surface area contributed by atoms with Crippen LogP contribution in [0.3, 0.4) is 0 Å². The Morgan fingerprint density at radius 3 is 2.70 bits per heavy atom. The number of fused-ring (bicyclic) bond motifs is 1. The number of halogens is 2. The molecule has 4 atom stereocenters. The van der Waals surface area contributed by atoms with E-state index in [1.807, 2.05) is 6.07 Å². The van der Waals surface area contributed by atoms with Crippen LogP contribution in [0.5, 0.6) is 0 Å². The highest BCUT2D eigenvalue weighted by Crippen LogP contribution is 2.48. The summed E-state index contributed by atoms with van der Waals surface area (Å²) in [4.78, 5) is 0. The molecule has 0 radical (unpaired) electrons. The van der Waals surface area contributed by atoms with Crippen molar-refractivity contribution in [1.29, 1.82) is 0 Å². The molecule has 1 aromatic rings. The molecule has 2 heteroatoms. The van der Waals surface area contributed by atoms with Crippen molar-refractivity contribution in [1.82, 2.24) is 0 Å². The van der Waals surface area contributed by atoms with Crippen molar-refractivity contribution in [3.05, 3.63) is 46.8 Å². The topological polar surface area (TPSA) is 0 Å². The monoisotopic (exact) mass is 334 g/mol. The van der Waals surface area contributed by atoms with Crippen LogP contribution in [0, 0.1) is 23.6 Å². The standard InChI is InChI=1S/C21H28ClF/c1-2-3-4-5-15-6-7-17-13-18(9-8-16(17)12-15)19-10-11-20(22)21(23)14-19/h2-3,10-11,14-18H,4-9,12-13H2,1H3/t15-,16-,17-,18?/m1/s1. The molecule has 0 amide bonds. The Hall–Kier alpha value is -0.820. The number of rotatable bonds is 4. The van der Waals surface area contributed by atoms with Crippen molar-refractivity contribution in [3.63, 3.8) is 0 Å². The summed E-state index contributed by atoms with van der Waals surface area (Å²) in [5, 5.41) is 0.240. The zero-order chi connectivity index (χ0) is 16.2. The zero-order valence-corrected chi connectivity index (χ0v) is 14.9. The minimum Gasteiger partial charge on any atom is -0.205 e. The Morgan fingerprint density at radius 1 is 1.13 bits per heavy atom. The lowest BCUT2D eigenvalue weighted by atomic mass is 9.63. The first kappa shape index (κ1) is 17.0. The Labute approximate surface area is 145 Å². The summed E-state index contributed by atoms with van der Waals surface area (Å²) in [6.07, 6.45) is 15.0. The van der Waals surface area contributed by atoms with Crippen LogP contribution in [0.2, 0.25) is 5.02 Å². The molecular weight excluding hydrogens is 307 g/mol. The maximum absolute atomic E-state index is 13.7. The smallest absolute Gasteiger partial charge is 0.142 e. The van der Waals surface area contributed by atoms with Crippen LogP contribution in [-0.2, 0) is 0 Å². The van der Waals surface area contributed by atoms with Gasteiger partial charge in [0.2, 0.25) is 0 Å². The van der Waals surface area contributed by atoms with Crippen LogP contribution in [0.4, 0.5) is 4.39 Å². The van der Waals surface area contributed by atoms with Gasteiger partial charge < -0.3 is 0 Å². The quantitative estimate of drug-likeness (QED) is 0.513. The van der Waals surface area contributed by atoms with E-state index in [4.69, 9.17) is 11.6 Å². The molecule has 0 N–H and O–H groups in total. The molecule has 0 bridgehead atoms. The van der Waals surface area contributed by atoms with E-state index in [1.165, 1.54) is 51.4 Å². The van der Waals surface area contributed by atoms with E-state index in [-0.39, 0.29) is 10.8 Å². The van der Waals surface area contributed by atoms with Gasteiger partial charge in [-0.15, -0.1) is 0 Å². The molecule has 126 valence electrons. The van der Waals surface area contributed by atoms with Crippen molar-refractivity contribution in [2.45, 2.75) is 64.2 Å². The highest BCUT2D eigenvalue weighted by molar-refractivity contribution is 6.30. The predicted molar refractivity (Wildman–Crippen MR) is 96.4 cm³/mol. The molecule has 0 spiro atoms. The molecule has 0 heterocycles. The van der Waals surface area contributed by atoms with Crippen LogP contribution in [0.1, 0.15) is 69.8 Å². The predicted octanol–water partition coefficient (Wildman–Crippen LogP) is 7.14. The van der Waals surface area contributed by atoms with Crippen molar-refractivity contribution in [2.75, 3.05) is 0 Å². The first-order chi connectivity index (χ1) is 11.2. The minimum atomic E-state index is -0.265. The van der Waals surface area contributed by atoms with Gasteiger partial charge in [0.05, 0.1) is 5.02 Å². The van der Waals surface area contributed by atoms with Crippen LogP contribution >= 0.6 is 11.6 Å². The second kappa shape index (κ2) is 7.83. The molecule has 0 saturated heterocycles. The van der Waals surface area contributed by atoms with Crippen LogP contribution < -0.4 is 0 Å². The number of hydrogen-bond donors (Lipinski definition) is 0. The summed E-state index contributed by atoms with van der Waals surface area (Å²) in [5.74, 6) is 2.96. The first-order valence-corrected chi connectivity index (χ1v) is 9.61. The third kappa shape index (κ3) is 4.18. The van der Waals surface area contributed by atoms with E-state index in [1.54, 1.807) is 12.1 Å². The summed E-state index contributed by atoms with van der Waals surface area (Å²) in [5.41, 5.74) is 1.15. The average molecular weight is 335 g/mol. The Balaban J connectivity index is 1.57. The van der Waals surface area contributed by atoms with Gasteiger partial charge in [-0.2, -0.15) is 0 Å². The zero-order valence-electron chi connectivity index (χ0n) is 14.1. The molecule has 2 aliphatic carbocycles. The second-order valence-corrected chi connectivity index (χ2v) is 7.94. The maximum atomic E-state index is 13.7. The fourth-order valence-electron chi connectivity index (χ4n) is 4.82. The van der Waals surface area contributed by atoms with E-state index in [0.717, 1.165) is 23.3 Å². The van der Waals surface area contributed by atoms with Crippen molar-refractivity contribution < 1.29 is 4.39 Å². The van der Waals surface area contributed by atoms with Crippen LogP contribution in [0.15, 0.2) is 30.4 Å². The maximum Gasteiger partial charge on any atom is 0.142 e. The lowest BCUT2D eigenvalue weighted by Crippen LogP contribution is -2.30. The van der Waals surface area contributed by atoms with E-state index in [0.29, 0.717) is 5.92 Å². The van der Waals surface area contributed by atoms with Crippen molar-refractivity contribution in [3.8, 4) is 0 Å². The van der Waals surface area contributed by atoms with E-state index < -0.39 is 0 Å². The average Bonchev–Trinajstić information content (AvgIpc) is 2.57. The summed E-state index contributed by atoms with van der Waals surface area (Å²) in [7, 11) is 0. The molecule has 23 heavy (non-hydrogen) atoms. The van der Waals surface area contributed by atoms with Gasteiger partial charge in [0.25, 0.3) is 0 Å². The van der Waals surface area contributed by atoms with Gasteiger partial charge >= 0.3 is 0 Å². The number of hydrogen-bond acceptors (Lipinski definition) is 0. The van der Waals surface area contributed by atoms with Crippen LogP contribution in [-0.4, -0.2) is 0 Å². The first-order valence-electron chi connectivity index (χ1n) is 9.23. The van der Waals surface area contributed by atoms with Gasteiger partial charge in [0, 0.05) is 0 Å². The van der Waals surface area contributed by atoms with Crippen LogP contribution in [0.25, 0.3) is 0 Å². The molecule has 2 fully saturated rings. The van der Waals surface area contributed by atoms with Crippen molar-refractivity contribution >= 4 is 11.6 Å². The third-order valence-electron chi connectivity index (χ3n) is 6.11. The Bertz CT molecular complexity index is 551. The normalized spacial score (nSPS) is 31.3. The largest absolute Gasteiger partial charge is 0.205 e. The second-order valence-electron chi connectivity index (χ2n) is 7.53. The third-order valence-corrected chi connectivity index (χ3v) is 6.42. The summed E-state index contributed by atoms with van der Waals surface area (Å²) >= 11 is 5.82. The Morgan fingerprint density at radius 2 is 1.91 bits per heavy atom. The SMILES string of the molecule is CC=CCC[C@@H]1CC[C@@H]2CC(c3ccc(Cl)c(F)c3)CC[C@@H]2C1. The molecule has 0 aromatic heterocycles. The van der Waals surface area contributed by atoms with Gasteiger partial charge in [0.1, 0.15) is 5.82 Å². The fraction of sp³-hybridized carbons (Fsp3) is 0.619. The summed E-state index contributed by atoms with van der Waals surface area (Å²) < 4.78 is 13.7. The van der Waals surface area contributed by atoms with Gasteiger partial charge in [-0.1, -0.05) is 36.2 Å². The highest BCUT2D eigenvalue weighted by Gasteiger charge is 2.35. The Kier molecular flexibility index (Phi) is 5.80. The molecule has 1 unspecified atom stereocenters. The number of allylic oxidation sites excluding steroid dienone is 2. The molecule has 2 aliphatic rings.